The standard InChI is InChI=1S/C17H12FN3O/c1-10-6-7-16(22-10)15-8-12(13(9-19)17(20)21-15)11-4-2-3-5-14(11)18/h2-8H,1H3,(H2,20,21). The molecule has 3 rings (SSSR count). The summed E-state index contributed by atoms with van der Waals surface area (Å²) >= 11 is 0. The Bertz CT molecular complexity index is 893. The summed E-state index contributed by atoms with van der Waals surface area (Å²) in [4.78, 5) is 4.18. The van der Waals surface area contributed by atoms with Gasteiger partial charge in [0.1, 0.15) is 34.7 Å². The summed E-state index contributed by atoms with van der Waals surface area (Å²) in [5.74, 6) is 0.872. The molecule has 0 fully saturated rings. The van der Waals surface area contributed by atoms with Crippen LogP contribution in [0.4, 0.5) is 10.2 Å². The fourth-order valence-electron chi connectivity index (χ4n) is 2.27. The highest BCUT2D eigenvalue weighted by Gasteiger charge is 2.17. The van der Waals surface area contributed by atoms with Gasteiger partial charge in [-0.3, -0.25) is 0 Å². The molecule has 3 aromatic rings. The quantitative estimate of drug-likeness (QED) is 0.777. The molecular weight excluding hydrogens is 281 g/mol. The minimum Gasteiger partial charge on any atom is -0.460 e. The van der Waals surface area contributed by atoms with E-state index in [1.807, 2.05) is 13.0 Å². The third-order valence-electron chi connectivity index (χ3n) is 3.32. The van der Waals surface area contributed by atoms with Gasteiger partial charge in [0.05, 0.1) is 0 Å². The average Bonchev–Trinajstić information content (AvgIpc) is 2.93. The minimum absolute atomic E-state index is 0.0484. The molecule has 0 saturated heterocycles. The monoisotopic (exact) mass is 293 g/mol. The van der Waals surface area contributed by atoms with Gasteiger partial charge in [0.15, 0.2) is 5.76 Å². The SMILES string of the molecule is Cc1ccc(-c2cc(-c3ccccc3F)c(C#N)c(N)n2)o1. The van der Waals surface area contributed by atoms with Crippen molar-refractivity contribution in [3.05, 3.63) is 59.6 Å². The van der Waals surface area contributed by atoms with Crippen molar-refractivity contribution in [3.8, 4) is 28.7 Å². The molecule has 5 heteroatoms. The molecule has 22 heavy (non-hydrogen) atoms. The lowest BCUT2D eigenvalue weighted by molar-refractivity contribution is 0.546. The fraction of sp³-hybridized carbons (Fsp3) is 0.0588. The summed E-state index contributed by atoms with van der Waals surface area (Å²) in [6, 6.07) is 13.4. The van der Waals surface area contributed by atoms with Gasteiger partial charge in [-0.15, -0.1) is 0 Å². The molecule has 0 amide bonds. The van der Waals surface area contributed by atoms with Crippen LogP contribution >= 0.6 is 0 Å². The second-order valence-corrected chi connectivity index (χ2v) is 4.82. The average molecular weight is 293 g/mol. The van der Waals surface area contributed by atoms with E-state index in [0.717, 1.165) is 5.76 Å². The van der Waals surface area contributed by atoms with E-state index < -0.39 is 5.82 Å². The van der Waals surface area contributed by atoms with Crippen LogP contribution in [-0.4, -0.2) is 4.98 Å². The Morgan fingerprint density at radius 3 is 2.59 bits per heavy atom. The highest BCUT2D eigenvalue weighted by atomic mass is 19.1. The molecule has 0 radical (unpaired) electrons. The summed E-state index contributed by atoms with van der Waals surface area (Å²) in [7, 11) is 0. The number of nitriles is 1. The summed E-state index contributed by atoms with van der Waals surface area (Å²) in [5.41, 5.74) is 7.18. The van der Waals surface area contributed by atoms with Crippen LogP contribution in [0.25, 0.3) is 22.6 Å². The molecule has 1 aromatic carbocycles. The number of nitrogen functional groups attached to an aromatic ring is 1. The van der Waals surface area contributed by atoms with Crippen molar-refractivity contribution >= 4 is 5.82 Å². The zero-order valence-electron chi connectivity index (χ0n) is 11.8. The lowest BCUT2D eigenvalue weighted by atomic mass is 9.99. The normalized spacial score (nSPS) is 10.4. The van der Waals surface area contributed by atoms with Crippen LogP contribution in [0.3, 0.4) is 0 Å². The number of nitrogens with zero attached hydrogens (tertiary/aromatic N) is 2. The number of halogens is 1. The van der Waals surface area contributed by atoms with Gasteiger partial charge in [-0.25, -0.2) is 9.37 Å². The van der Waals surface area contributed by atoms with Crippen molar-refractivity contribution in [2.24, 2.45) is 0 Å². The molecule has 0 aliphatic rings. The molecule has 0 saturated carbocycles. The number of anilines is 1. The van der Waals surface area contributed by atoms with Crippen LogP contribution in [0, 0.1) is 24.1 Å². The lowest BCUT2D eigenvalue weighted by Crippen LogP contribution is -2.00. The van der Waals surface area contributed by atoms with Crippen LogP contribution in [0.2, 0.25) is 0 Å². The van der Waals surface area contributed by atoms with Crippen molar-refractivity contribution < 1.29 is 8.81 Å². The van der Waals surface area contributed by atoms with E-state index in [2.05, 4.69) is 4.98 Å². The Kier molecular flexibility index (Phi) is 3.36. The number of aryl methyl sites for hydroxylation is 1. The Morgan fingerprint density at radius 2 is 1.95 bits per heavy atom. The van der Waals surface area contributed by atoms with Crippen LogP contribution in [0.1, 0.15) is 11.3 Å². The minimum atomic E-state index is -0.425. The van der Waals surface area contributed by atoms with Gasteiger partial charge in [-0.2, -0.15) is 5.26 Å². The van der Waals surface area contributed by atoms with Crippen LogP contribution in [0.15, 0.2) is 46.9 Å². The highest BCUT2D eigenvalue weighted by molar-refractivity contribution is 5.79. The molecule has 2 aromatic heterocycles. The Morgan fingerprint density at radius 1 is 1.18 bits per heavy atom. The molecule has 0 unspecified atom stereocenters. The zero-order chi connectivity index (χ0) is 15.7. The smallest absolute Gasteiger partial charge is 0.152 e. The highest BCUT2D eigenvalue weighted by Crippen LogP contribution is 2.32. The van der Waals surface area contributed by atoms with Crippen molar-refractivity contribution in [2.45, 2.75) is 6.92 Å². The first kappa shape index (κ1) is 13.8. The van der Waals surface area contributed by atoms with Crippen molar-refractivity contribution in [3.63, 3.8) is 0 Å². The summed E-state index contributed by atoms with van der Waals surface area (Å²) in [6.45, 7) is 1.81. The van der Waals surface area contributed by atoms with Crippen molar-refractivity contribution in [1.29, 1.82) is 5.26 Å². The second-order valence-electron chi connectivity index (χ2n) is 4.82. The summed E-state index contributed by atoms with van der Waals surface area (Å²) < 4.78 is 19.6. The Hall–Kier alpha value is -3.13. The molecule has 0 aliphatic heterocycles. The van der Waals surface area contributed by atoms with Gasteiger partial charge in [-0.05, 0) is 31.2 Å². The first-order valence-electron chi connectivity index (χ1n) is 6.62. The van der Waals surface area contributed by atoms with Crippen molar-refractivity contribution in [2.75, 3.05) is 5.73 Å². The van der Waals surface area contributed by atoms with Gasteiger partial charge in [-0.1, -0.05) is 18.2 Å². The summed E-state index contributed by atoms with van der Waals surface area (Å²) in [6.07, 6.45) is 0. The number of furan rings is 1. The zero-order valence-corrected chi connectivity index (χ0v) is 11.8. The third kappa shape index (κ3) is 2.31. The first-order valence-corrected chi connectivity index (χ1v) is 6.62. The van der Waals surface area contributed by atoms with Gasteiger partial charge < -0.3 is 10.2 Å². The number of pyridine rings is 1. The van der Waals surface area contributed by atoms with Crippen LogP contribution < -0.4 is 5.73 Å². The number of aromatic nitrogens is 1. The molecule has 4 nitrogen and oxygen atoms in total. The van der Waals surface area contributed by atoms with Gasteiger partial charge >= 0.3 is 0 Å². The molecule has 0 bridgehead atoms. The molecule has 108 valence electrons. The predicted molar refractivity (Wildman–Crippen MR) is 81.2 cm³/mol. The molecule has 0 atom stereocenters. The fourth-order valence-corrected chi connectivity index (χ4v) is 2.27. The second kappa shape index (κ2) is 5.34. The largest absolute Gasteiger partial charge is 0.460 e. The van der Waals surface area contributed by atoms with E-state index in [0.29, 0.717) is 22.6 Å². The molecule has 0 aliphatic carbocycles. The van der Waals surface area contributed by atoms with Gasteiger partial charge in [0.2, 0.25) is 0 Å². The number of nitrogens with two attached hydrogens (primary N) is 1. The first-order chi connectivity index (χ1) is 10.6. The maximum absolute atomic E-state index is 14.1. The number of benzene rings is 1. The summed E-state index contributed by atoms with van der Waals surface area (Å²) in [5, 5.41) is 9.30. The predicted octanol–water partition coefficient (Wildman–Crippen LogP) is 3.91. The lowest BCUT2D eigenvalue weighted by Gasteiger charge is -2.09. The van der Waals surface area contributed by atoms with Gasteiger partial charge in [0.25, 0.3) is 0 Å². The van der Waals surface area contributed by atoms with Crippen LogP contribution in [-0.2, 0) is 0 Å². The van der Waals surface area contributed by atoms with E-state index in [9.17, 15) is 9.65 Å². The molecule has 2 N–H and O–H groups in total. The van der Waals surface area contributed by atoms with Crippen LogP contribution in [0.5, 0.6) is 0 Å². The number of hydrogen-bond donors (Lipinski definition) is 1. The Labute approximate surface area is 126 Å². The Balaban J connectivity index is 2.27. The topological polar surface area (TPSA) is 75.8 Å². The number of rotatable bonds is 2. The molecular formula is C17H12FN3O. The third-order valence-corrected chi connectivity index (χ3v) is 3.32. The maximum Gasteiger partial charge on any atom is 0.152 e. The molecule has 2 heterocycles. The maximum atomic E-state index is 14.1. The number of hydrogen-bond acceptors (Lipinski definition) is 4. The van der Waals surface area contributed by atoms with E-state index in [1.54, 1.807) is 36.4 Å². The van der Waals surface area contributed by atoms with E-state index in [1.165, 1.54) is 6.07 Å². The van der Waals surface area contributed by atoms with Gasteiger partial charge in [0, 0.05) is 11.1 Å². The molecule has 0 spiro atoms. The van der Waals surface area contributed by atoms with Crippen molar-refractivity contribution in [1.82, 2.24) is 4.98 Å². The van der Waals surface area contributed by atoms with E-state index >= 15 is 0 Å². The van der Waals surface area contributed by atoms with E-state index in [-0.39, 0.29) is 11.4 Å². The van der Waals surface area contributed by atoms with E-state index in [4.69, 9.17) is 10.2 Å².